The number of urea groups is 1. The molecule has 0 aliphatic carbocycles. The molecule has 2 aromatic rings. The Balaban J connectivity index is 1.60. The Labute approximate surface area is 168 Å². The van der Waals surface area contributed by atoms with E-state index in [0.717, 1.165) is 19.3 Å². The Hall–Kier alpha value is -2.98. The summed E-state index contributed by atoms with van der Waals surface area (Å²) in [6, 6.07) is 11.6. The average Bonchev–Trinajstić information content (AvgIpc) is 2.73. The zero-order chi connectivity index (χ0) is 20.9. The van der Waals surface area contributed by atoms with Gasteiger partial charge < -0.3 is 10.6 Å². The number of amides is 2. The summed E-state index contributed by atoms with van der Waals surface area (Å²) in [7, 11) is -3.53. The molecule has 0 aromatic heterocycles. The third-order valence-corrected chi connectivity index (χ3v) is 6.61. The van der Waals surface area contributed by atoms with Crippen molar-refractivity contribution in [3.8, 4) is 0 Å². The van der Waals surface area contributed by atoms with Crippen LogP contribution in [0.3, 0.4) is 0 Å². The highest BCUT2D eigenvalue weighted by atomic mass is 32.2. The van der Waals surface area contributed by atoms with Crippen LogP contribution in [0.25, 0.3) is 0 Å². The summed E-state index contributed by atoms with van der Waals surface area (Å²) in [5, 5.41) is 16.2. The summed E-state index contributed by atoms with van der Waals surface area (Å²) in [6.45, 7) is 1.04. The molecule has 0 atom stereocenters. The van der Waals surface area contributed by atoms with E-state index in [4.69, 9.17) is 0 Å². The molecule has 0 bridgehead atoms. The standard InChI is InChI=1S/C19H22N4O5S/c24-19(20-14-15-6-2-3-7-18(15)23(25)26)21-16-8-10-17(11-9-16)29(27,28)22-12-4-1-5-13-22/h2-3,6-11H,1,4-5,12-14H2,(H2,20,21,24). The molecular weight excluding hydrogens is 396 g/mol. The van der Waals surface area contributed by atoms with E-state index in [1.54, 1.807) is 18.2 Å². The van der Waals surface area contributed by atoms with Crippen molar-refractivity contribution < 1.29 is 18.1 Å². The second-order valence-corrected chi connectivity index (χ2v) is 8.62. The monoisotopic (exact) mass is 418 g/mol. The number of piperidine rings is 1. The Bertz CT molecular complexity index is 986. The van der Waals surface area contributed by atoms with Gasteiger partial charge in [0.05, 0.1) is 16.4 Å². The molecule has 9 nitrogen and oxygen atoms in total. The lowest BCUT2D eigenvalue weighted by atomic mass is 10.2. The average molecular weight is 418 g/mol. The third-order valence-electron chi connectivity index (χ3n) is 4.69. The maximum absolute atomic E-state index is 12.6. The van der Waals surface area contributed by atoms with Gasteiger partial charge in [-0.1, -0.05) is 24.6 Å². The highest BCUT2D eigenvalue weighted by molar-refractivity contribution is 7.89. The smallest absolute Gasteiger partial charge is 0.319 e. The maximum atomic E-state index is 12.6. The first-order valence-electron chi connectivity index (χ1n) is 9.25. The van der Waals surface area contributed by atoms with E-state index in [0.29, 0.717) is 24.3 Å². The molecule has 29 heavy (non-hydrogen) atoms. The lowest BCUT2D eigenvalue weighted by Crippen LogP contribution is -2.35. The molecule has 2 N–H and O–H groups in total. The molecule has 0 radical (unpaired) electrons. The van der Waals surface area contributed by atoms with E-state index in [9.17, 15) is 23.3 Å². The van der Waals surface area contributed by atoms with Gasteiger partial charge in [0.2, 0.25) is 10.0 Å². The number of sulfonamides is 1. The normalized spacial score (nSPS) is 14.9. The van der Waals surface area contributed by atoms with E-state index < -0.39 is 21.0 Å². The fraction of sp³-hybridized carbons (Fsp3) is 0.316. The lowest BCUT2D eigenvalue weighted by Gasteiger charge is -2.25. The van der Waals surface area contributed by atoms with Crippen molar-refractivity contribution >= 4 is 27.4 Å². The molecule has 1 aliphatic rings. The summed E-state index contributed by atoms with van der Waals surface area (Å²) in [5.74, 6) is 0. The molecule has 0 spiro atoms. The minimum Gasteiger partial charge on any atom is -0.334 e. The van der Waals surface area contributed by atoms with Gasteiger partial charge in [0.1, 0.15) is 0 Å². The number of carbonyl (C=O) groups is 1. The Morgan fingerprint density at radius 1 is 1.03 bits per heavy atom. The van der Waals surface area contributed by atoms with E-state index in [2.05, 4.69) is 10.6 Å². The van der Waals surface area contributed by atoms with Gasteiger partial charge in [-0.2, -0.15) is 4.31 Å². The minimum absolute atomic E-state index is 0.00951. The Morgan fingerprint density at radius 3 is 2.34 bits per heavy atom. The van der Waals surface area contributed by atoms with Gasteiger partial charge in [0.15, 0.2) is 0 Å². The molecule has 2 aromatic carbocycles. The third kappa shape index (κ3) is 5.09. The van der Waals surface area contributed by atoms with Crippen molar-refractivity contribution in [1.82, 2.24) is 9.62 Å². The minimum atomic E-state index is -3.53. The van der Waals surface area contributed by atoms with Crippen LogP contribution < -0.4 is 10.6 Å². The highest BCUT2D eigenvalue weighted by Gasteiger charge is 2.25. The zero-order valence-corrected chi connectivity index (χ0v) is 16.5. The van der Waals surface area contributed by atoms with Crippen molar-refractivity contribution in [2.24, 2.45) is 0 Å². The first kappa shape index (κ1) is 20.7. The summed E-state index contributed by atoms with van der Waals surface area (Å²) >= 11 is 0. The summed E-state index contributed by atoms with van der Waals surface area (Å²) in [5.41, 5.74) is 0.735. The van der Waals surface area contributed by atoms with Crippen LogP contribution >= 0.6 is 0 Å². The maximum Gasteiger partial charge on any atom is 0.319 e. The van der Waals surface area contributed by atoms with Crippen LogP contribution in [0.1, 0.15) is 24.8 Å². The Kier molecular flexibility index (Phi) is 6.45. The van der Waals surface area contributed by atoms with Crippen LogP contribution in [0.15, 0.2) is 53.4 Å². The van der Waals surface area contributed by atoms with Crippen molar-refractivity contribution in [3.63, 3.8) is 0 Å². The van der Waals surface area contributed by atoms with Crippen LogP contribution in [0.5, 0.6) is 0 Å². The van der Waals surface area contributed by atoms with Gasteiger partial charge in [-0.25, -0.2) is 13.2 Å². The number of anilines is 1. The number of nitrogens with zero attached hydrogens (tertiary/aromatic N) is 2. The number of hydrogen-bond acceptors (Lipinski definition) is 5. The van der Waals surface area contributed by atoms with E-state index in [-0.39, 0.29) is 17.1 Å². The van der Waals surface area contributed by atoms with Gasteiger partial charge in [0.25, 0.3) is 5.69 Å². The lowest BCUT2D eigenvalue weighted by molar-refractivity contribution is -0.385. The topological polar surface area (TPSA) is 122 Å². The van der Waals surface area contributed by atoms with Crippen LogP contribution in [-0.2, 0) is 16.6 Å². The first-order valence-corrected chi connectivity index (χ1v) is 10.7. The second-order valence-electron chi connectivity index (χ2n) is 6.68. The number of hydrogen-bond donors (Lipinski definition) is 2. The van der Waals surface area contributed by atoms with Crippen molar-refractivity contribution in [1.29, 1.82) is 0 Å². The van der Waals surface area contributed by atoms with Crippen LogP contribution in [-0.4, -0.2) is 36.8 Å². The van der Waals surface area contributed by atoms with Gasteiger partial charge in [-0.05, 0) is 37.1 Å². The van der Waals surface area contributed by atoms with Gasteiger partial charge in [-0.15, -0.1) is 0 Å². The molecule has 0 unspecified atom stereocenters. The quantitative estimate of drug-likeness (QED) is 0.551. The molecular formula is C19H22N4O5S. The number of nitro groups is 1. The number of nitrogens with one attached hydrogen (secondary N) is 2. The van der Waals surface area contributed by atoms with Gasteiger partial charge in [-0.3, -0.25) is 10.1 Å². The fourth-order valence-electron chi connectivity index (χ4n) is 3.15. The molecule has 0 saturated carbocycles. The van der Waals surface area contributed by atoms with Gasteiger partial charge >= 0.3 is 6.03 Å². The highest BCUT2D eigenvalue weighted by Crippen LogP contribution is 2.22. The van der Waals surface area contributed by atoms with E-state index in [1.807, 2.05) is 0 Å². The predicted octanol–water partition coefficient (Wildman–Crippen LogP) is 3.09. The van der Waals surface area contributed by atoms with E-state index >= 15 is 0 Å². The number of rotatable bonds is 6. The van der Waals surface area contributed by atoms with Crippen LogP contribution in [0.2, 0.25) is 0 Å². The summed E-state index contributed by atoms with van der Waals surface area (Å²) in [4.78, 5) is 22.8. The number of benzene rings is 2. The zero-order valence-electron chi connectivity index (χ0n) is 15.7. The molecule has 1 saturated heterocycles. The molecule has 1 aliphatic heterocycles. The fourth-order valence-corrected chi connectivity index (χ4v) is 4.67. The Morgan fingerprint density at radius 2 is 1.69 bits per heavy atom. The van der Waals surface area contributed by atoms with Crippen molar-refractivity contribution in [2.75, 3.05) is 18.4 Å². The molecule has 3 rings (SSSR count). The predicted molar refractivity (Wildman–Crippen MR) is 108 cm³/mol. The van der Waals surface area contributed by atoms with Gasteiger partial charge in [0, 0.05) is 30.4 Å². The summed E-state index contributed by atoms with van der Waals surface area (Å²) < 4.78 is 26.8. The van der Waals surface area contributed by atoms with Crippen LogP contribution in [0, 0.1) is 10.1 Å². The van der Waals surface area contributed by atoms with E-state index in [1.165, 1.54) is 34.6 Å². The summed E-state index contributed by atoms with van der Waals surface area (Å²) in [6.07, 6.45) is 2.76. The molecule has 1 heterocycles. The second kappa shape index (κ2) is 9.01. The number of carbonyl (C=O) groups excluding carboxylic acids is 1. The van der Waals surface area contributed by atoms with Crippen LogP contribution in [0.4, 0.5) is 16.2 Å². The number of para-hydroxylation sites is 1. The molecule has 2 amide bonds. The first-order chi connectivity index (χ1) is 13.9. The van der Waals surface area contributed by atoms with Crippen molar-refractivity contribution in [2.45, 2.75) is 30.7 Å². The number of nitro benzene ring substituents is 1. The SMILES string of the molecule is O=C(NCc1ccccc1[N+](=O)[O-])Nc1ccc(S(=O)(=O)N2CCCCC2)cc1. The molecule has 1 fully saturated rings. The molecule has 10 heteroatoms. The molecule has 154 valence electrons. The largest absolute Gasteiger partial charge is 0.334 e. The van der Waals surface area contributed by atoms with Crippen molar-refractivity contribution in [3.05, 3.63) is 64.2 Å².